The Kier molecular flexibility index (Phi) is 3.84. The van der Waals surface area contributed by atoms with Gasteiger partial charge < -0.3 is 9.47 Å². The molecule has 0 spiro atoms. The highest BCUT2D eigenvalue weighted by molar-refractivity contribution is 6.21. The Labute approximate surface area is 103 Å². The van der Waals surface area contributed by atoms with Gasteiger partial charge in [0.25, 0.3) is 0 Å². The molecule has 2 rings (SSSR count). The van der Waals surface area contributed by atoms with Crippen molar-refractivity contribution >= 4 is 11.6 Å². The molecule has 1 fully saturated rings. The number of ether oxygens (including phenoxy) is 2. The van der Waals surface area contributed by atoms with Crippen LogP contribution in [-0.2, 0) is 4.74 Å². The van der Waals surface area contributed by atoms with Crippen molar-refractivity contribution in [1.29, 1.82) is 0 Å². The molecule has 1 saturated heterocycles. The molecule has 0 aromatic heterocycles. The van der Waals surface area contributed by atoms with Crippen LogP contribution in [0.1, 0.15) is 23.8 Å². The lowest BCUT2D eigenvalue weighted by atomic mass is 10.0. The van der Waals surface area contributed by atoms with Gasteiger partial charge in [-0.1, -0.05) is 0 Å². The Balaban J connectivity index is 2.30. The fourth-order valence-electron chi connectivity index (χ4n) is 1.96. The van der Waals surface area contributed by atoms with E-state index in [0.29, 0.717) is 6.61 Å². The standard InChI is InChI=1S/C12H13ClF2O2/c1-16-7-5-8(14)11(9(15)6-7)12(13)10-3-2-4-17-10/h5-6,10,12H,2-4H2,1H3. The van der Waals surface area contributed by atoms with E-state index in [4.69, 9.17) is 21.1 Å². The summed E-state index contributed by atoms with van der Waals surface area (Å²) in [6.07, 6.45) is 1.26. The summed E-state index contributed by atoms with van der Waals surface area (Å²) in [5, 5.41) is -0.802. The second kappa shape index (κ2) is 5.19. The second-order valence-electron chi connectivity index (χ2n) is 3.96. The minimum absolute atomic E-state index is 0.139. The molecule has 1 aromatic rings. The van der Waals surface area contributed by atoms with E-state index in [0.717, 1.165) is 25.0 Å². The third-order valence-corrected chi connectivity index (χ3v) is 3.35. The fraction of sp³-hybridized carbons (Fsp3) is 0.500. The van der Waals surface area contributed by atoms with E-state index >= 15 is 0 Å². The van der Waals surface area contributed by atoms with Crippen LogP contribution in [0.5, 0.6) is 5.75 Å². The van der Waals surface area contributed by atoms with Gasteiger partial charge in [0.2, 0.25) is 0 Å². The average molecular weight is 263 g/mol. The molecule has 0 N–H and O–H groups in total. The quantitative estimate of drug-likeness (QED) is 0.777. The van der Waals surface area contributed by atoms with Crippen molar-refractivity contribution in [1.82, 2.24) is 0 Å². The highest BCUT2D eigenvalue weighted by atomic mass is 35.5. The summed E-state index contributed by atoms with van der Waals surface area (Å²) in [4.78, 5) is 0. The van der Waals surface area contributed by atoms with Crippen LogP contribution < -0.4 is 4.74 Å². The van der Waals surface area contributed by atoms with Gasteiger partial charge >= 0.3 is 0 Å². The molecule has 2 atom stereocenters. The van der Waals surface area contributed by atoms with Crippen LogP contribution in [0.25, 0.3) is 0 Å². The lowest BCUT2D eigenvalue weighted by molar-refractivity contribution is 0.106. The van der Waals surface area contributed by atoms with Crippen molar-refractivity contribution in [3.05, 3.63) is 29.3 Å². The first-order valence-electron chi connectivity index (χ1n) is 5.42. The van der Waals surface area contributed by atoms with Gasteiger partial charge in [0.1, 0.15) is 17.4 Å². The monoisotopic (exact) mass is 262 g/mol. The molecular formula is C12H13ClF2O2. The second-order valence-corrected chi connectivity index (χ2v) is 4.43. The van der Waals surface area contributed by atoms with Gasteiger partial charge in [0.05, 0.1) is 18.6 Å². The van der Waals surface area contributed by atoms with Gasteiger partial charge in [-0.15, -0.1) is 11.6 Å². The summed E-state index contributed by atoms with van der Waals surface area (Å²) in [5.74, 6) is -1.25. The van der Waals surface area contributed by atoms with Crippen LogP contribution in [0.2, 0.25) is 0 Å². The molecule has 1 heterocycles. The maximum atomic E-state index is 13.7. The summed E-state index contributed by atoms with van der Waals surface area (Å²) in [5.41, 5.74) is -0.139. The van der Waals surface area contributed by atoms with E-state index in [-0.39, 0.29) is 17.4 Å². The number of hydrogen-bond donors (Lipinski definition) is 0. The van der Waals surface area contributed by atoms with Gasteiger partial charge in [-0.25, -0.2) is 8.78 Å². The molecule has 17 heavy (non-hydrogen) atoms. The summed E-state index contributed by atoms with van der Waals surface area (Å²) < 4.78 is 37.6. The van der Waals surface area contributed by atoms with Crippen LogP contribution >= 0.6 is 11.6 Å². The fourth-order valence-corrected chi connectivity index (χ4v) is 2.37. The van der Waals surface area contributed by atoms with Gasteiger partial charge in [-0.2, -0.15) is 0 Å². The number of alkyl halides is 1. The summed E-state index contributed by atoms with van der Waals surface area (Å²) in [7, 11) is 1.35. The van der Waals surface area contributed by atoms with E-state index in [1.54, 1.807) is 0 Å². The zero-order chi connectivity index (χ0) is 12.4. The molecule has 0 saturated carbocycles. The molecule has 0 amide bonds. The lowest BCUT2D eigenvalue weighted by Gasteiger charge is -2.18. The Hall–Kier alpha value is -0.870. The van der Waals surface area contributed by atoms with Gasteiger partial charge in [-0.05, 0) is 12.8 Å². The predicted octanol–water partition coefficient (Wildman–Crippen LogP) is 3.43. The molecule has 0 radical (unpaired) electrons. The molecule has 0 aliphatic carbocycles. The average Bonchev–Trinajstić information content (AvgIpc) is 2.81. The Morgan fingerprint density at radius 1 is 1.41 bits per heavy atom. The molecule has 0 bridgehead atoms. The first-order valence-corrected chi connectivity index (χ1v) is 5.85. The van der Waals surface area contributed by atoms with E-state index in [9.17, 15) is 8.78 Å². The zero-order valence-electron chi connectivity index (χ0n) is 9.38. The maximum Gasteiger partial charge on any atom is 0.134 e. The third kappa shape index (κ3) is 2.53. The van der Waals surface area contributed by atoms with E-state index in [1.807, 2.05) is 0 Å². The summed E-state index contributed by atoms with van der Waals surface area (Å²) in [6.45, 7) is 0.591. The van der Waals surface area contributed by atoms with Gasteiger partial charge in [0, 0.05) is 24.3 Å². The Bertz CT molecular complexity index is 382. The van der Waals surface area contributed by atoms with E-state index < -0.39 is 17.0 Å². The molecular weight excluding hydrogens is 250 g/mol. The molecule has 5 heteroatoms. The lowest BCUT2D eigenvalue weighted by Crippen LogP contribution is -2.15. The smallest absolute Gasteiger partial charge is 0.134 e. The molecule has 1 aromatic carbocycles. The largest absolute Gasteiger partial charge is 0.497 e. The first kappa shape index (κ1) is 12.6. The van der Waals surface area contributed by atoms with Crippen molar-refractivity contribution in [2.75, 3.05) is 13.7 Å². The van der Waals surface area contributed by atoms with Crippen molar-refractivity contribution in [2.24, 2.45) is 0 Å². The molecule has 2 nitrogen and oxygen atoms in total. The zero-order valence-corrected chi connectivity index (χ0v) is 10.1. The van der Waals surface area contributed by atoms with Crippen molar-refractivity contribution in [3.8, 4) is 5.75 Å². The van der Waals surface area contributed by atoms with Crippen LogP contribution in [0.15, 0.2) is 12.1 Å². The maximum absolute atomic E-state index is 13.7. The van der Waals surface area contributed by atoms with Crippen molar-refractivity contribution < 1.29 is 18.3 Å². The number of benzene rings is 1. The summed E-state index contributed by atoms with van der Waals surface area (Å²) in [6, 6.07) is 2.26. The molecule has 94 valence electrons. The highest BCUT2D eigenvalue weighted by Crippen LogP contribution is 2.36. The number of methoxy groups -OCH3 is 1. The number of rotatable bonds is 3. The van der Waals surface area contributed by atoms with Crippen LogP contribution in [0.3, 0.4) is 0 Å². The van der Waals surface area contributed by atoms with Gasteiger partial charge in [0.15, 0.2) is 0 Å². The molecule has 2 unspecified atom stereocenters. The Morgan fingerprint density at radius 3 is 2.53 bits per heavy atom. The molecule has 1 aliphatic heterocycles. The molecule has 1 aliphatic rings. The Morgan fingerprint density at radius 2 is 2.06 bits per heavy atom. The predicted molar refractivity (Wildman–Crippen MR) is 60.5 cm³/mol. The number of hydrogen-bond acceptors (Lipinski definition) is 2. The van der Waals surface area contributed by atoms with Crippen LogP contribution in [0, 0.1) is 11.6 Å². The normalized spacial score (nSPS) is 21.5. The number of halogens is 3. The third-order valence-electron chi connectivity index (χ3n) is 2.86. The summed E-state index contributed by atoms with van der Waals surface area (Å²) >= 11 is 6.07. The van der Waals surface area contributed by atoms with E-state index in [1.165, 1.54) is 7.11 Å². The first-order chi connectivity index (χ1) is 8.13. The SMILES string of the molecule is COc1cc(F)c(C(Cl)C2CCCO2)c(F)c1. The van der Waals surface area contributed by atoms with Gasteiger partial charge in [-0.3, -0.25) is 0 Å². The minimum atomic E-state index is -0.802. The minimum Gasteiger partial charge on any atom is -0.497 e. The van der Waals surface area contributed by atoms with Crippen LogP contribution in [-0.4, -0.2) is 19.8 Å². The highest BCUT2D eigenvalue weighted by Gasteiger charge is 2.30. The topological polar surface area (TPSA) is 18.5 Å². The van der Waals surface area contributed by atoms with Crippen molar-refractivity contribution in [3.63, 3.8) is 0 Å². The van der Waals surface area contributed by atoms with Crippen LogP contribution in [0.4, 0.5) is 8.78 Å². The van der Waals surface area contributed by atoms with Crippen molar-refractivity contribution in [2.45, 2.75) is 24.3 Å². The van der Waals surface area contributed by atoms with E-state index in [2.05, 4.69) is 0 Å².